The van der Waals surface area contributed by atoms with Gasteiger partial charge in [0, 0.05) is 6.54 Å². The lowest BCUT2D eigenvalue weighted by molar-refractivity contribution is -0.142. The molecular weight excluding hydrogens is 238 g/mol. The minimum Gasteiger partial charge on any atom is -0.481 e. The van der Waals surface area contributed by atoms with E-state index in [1.54, 1.807) is 0 Å². The molecule has 0 heterocycles. The third kappa shape index (κ3) is 3.80. The fraction of sp³-hybridized carbons (Fsp3) is 0.562. The standard InChI is InChI=1S/C16H23NO2/c1-12(13-6-3-2-4-7-13)10-17-11-14-8-5-9-15(14)16(18)19/h2-4,6-7,12,14-15,17H,5,8-11H2,1H3,(H,18,19). The SMILES string of the molecule is CC(CNCC1CCCC1C(=O)O)c1ccccc1. The second-order valence-corrected chi connectivity index (χ2v) is 5.61. The van der Waals surface area contributed by atoms with Crippen LogP contribution < -0.4 is 5.32 Å². The lowest BCUT2D eigenvalue weighted by atomic mass is 9.95. The highest BCUT2D eigenvalue weighted by Gasteiger charge is 2.32. The monoisotopic (exact) mass is 261 g/mol. The van der Waals surface area contributed by atoms with Crippen molar-refractivity contribution < 1.29 is 9.90 Å². The summed E-state index contributed by atoms with van der Waals surface area (Å²) in [5.74, 6) is 0.00583. The number of hydrogen-bond acceptors (Lipinski definition) is 2. The number of carboxylic acids is 1. The van der Waals surface area contributed by atoms with Crippen LogP contribution in [0.2, 0.25) is 0 Å². The van der Waals surface area contributed by atoms with Crippen molar-refractivity contribution >= 4 is 5.97 Å². The molecule has 0 aromatic heterocycles. The van der Waals surface area contributed by atoms with Crippen LogP contribution in [0.15, 0.2) is 30.3 Å². The first-order valence-electron chi connectivity index (χ1n) is 7.17. The van der Waals surface area contributed by atoms with Gasteiger partial charge in [0.25, 0.3) is 0 Å². The molecule has 1 aliphatic carbocycles. The minimum atomic E-state index is -0.625. The smallest absolute Gasteiger partial charge is 0.306 e. The van der Waals surface area contributed by atoms with E-state index in [4.69, 9.17) is 5.11 Å². The van der Waals surface area contributed by atoms with E-state index in [9.17, 15) is 4.79 Å². The molecule has 2 rings (SSSR count). The third-order valence-electron chi connectivity index (χ3n) is 4.20. The Labute approximate surface area is 115 Å². The van der Waals surface area contributed by atoms with Crippen LogP contribution in [0, 0.1) is 11.8 Å². The molecule has 3 unspecified atom stereocenters. The number of hydrogen-bond donors (Lipinski definition) is 2. The first-order chi connectivity index (χ1) is 9.18. The summed E-state index contributed by atoms with van der Waals surface area (Å²) in [5.41, 5.74) is 1.33. The summed E-state index contributed by atoms with van der Waals surface area (Å²) in [4.78, 5) is 11.1. The van der Waals surface area contributed by atoms with Crippen molar-refractivity contribution in [2.24, 2.45) is 11.8 Å². The van der Waals surface area contributed by atoms with Crippen molar-refractivity contribution in [1.29, 1.82) is 0 Å². The first-order valence-corrected chi connectivity index (χ1v) is 7.17. The molecule has 1 aromatic carbocycles. The van der Waals surface area contributed by atoms with Gasteiger partial charge in [-0.05, 0) is 36.8 Å². The van der Waals surface area contributed by atoms with E-state index in [1.165, 1.54) is 5.56 Å². The zero-order chi connectivity index (χ0) is 13.7. The van der Waals surface area contributed by atoms with E-state index < -0.39 is 5.97 Å². The summed E-state index contributed by atoms with van der Waals surface area (Å²) in [5, 5.41) is 12.6. The highest BCUT2D eigenvalue weighted by Crippen LogP contribution is 2.31. The average molecular weight is 261 g/mol. The van der Waals surface area contributed by atoms with Gasteiger partial charge in [-0.25, -0.2) is 0 Å². The van der Waals surface area contributed by atoms with Crippen molar-refractivity contribution in [1.82, 2.24) is 5.32 Å². The Bertz CT molecular complexity index is 404. The summed E-state index contributed by atoms with van der Waals surface area (Å²) < 4.78 is 0. The van der Waals surface area contributed by atoms with Crippen LogP contribution in [0.25, 0.3) is 0 Å². The molecule has 104 valence electrons. The van der Waals surface area contributed by atoms with Gasteiger partial charge in [-0.15, -0.1) is 0 Å². The molecule has 3 nitrogen and oxygen atoms in total. The van der Waals surface area contributed by atoms with Crippen molar-refractivity contribution in [3.8, 4) is 0 Å². The molecule has 0 spiro atoms. The maximum atomic E-state index is 11.1. The van der Waals surface area contributed by atoms with Gasteiger partial charge < -0.3 is 10.4 Å². The van der Waals surface area contributed by atoms with E-state index in [-0.39, 0.29) is 5.92 Å². The molecule has 0 saturated heterocycles. The Kier molecular flexibility index (Phi) is 4.97. The molecule has 3 heteroatoms. The molecule has 19 heavy (non-hydrogen) atoms. The summed E-state index contributed by atoms with van der Waals surface area (Å²) in [6.07, 6.45) is 2.94. The normalized spacial score (nSPS) is 24.3. The Morgan fingerprint density at radius 2 is 2.11 bits per heavy atom. The largest absolute Gasteiger partial charge is 0.481 e. The van der Waals surface area contributed by atoms with Gasteiger partial charge in [0.1, 0.15) is 0 Å². The molecule has 0 amide bonds. The zero-order valence-electron chi connectivity index (χ0n) is 11.5. The molecule has 1 fully saturated rings. The maximum Gasteiger partial charge on any atom is 0.306 e. The van der Waals surface area contributed by atoms with Crippen LogP contribution >= 0.6 is 0 Å². The fourth-order valence-corrected chi connectivity index (χ4v) is 2.99. The number of carbonyl (C=O) groups is 1. The molecular formula is C16H23NO2. The van der Waals surface area contributed by atoms with E-state index in [1.807, 2.05) is 6.07 Å². The fourth-order valence-electron chi connectivity index (χ4n) is 2.99. The van der Waals surface area contributed by atoms with Gasteiger partial charge in [-0.3, -0.25) is 4.79 Å². The van der Waals surface area contributed by atoms with Gasteiger partial charge >= 0.3 is 5.97 Å². The van der Waals surface area contributed by atoms with E-state index in [0.29, 0.717) is 11.8 Å². The van der Waals surface area contributed by atoms with Gasteiger partial charge in [-0.2, -0.15) is 0 Å². The van der Waals surface area contributed by atoms with Crippen LogP contribution in [0.1, 0.15) is 37.7 Å². The highest BCUT2D eigenvalue weighted by atomic mass is 16.4. The molecule has 0 bridgehead atoms. The Morgan fingerprint density at radius 3 is 2.79 bits per heavy atom. The molecule has 1 aliphatic rings. The lowest BCUT2D eigenvalue weighted by Crippen LogP contribution is -2.31. The summed E-state index contributed by atoms with van der Waals surface area (Å²) in [6.45, 7) is 3.94. The molecule has 0 radical (unpaired) electrons. The lowest BCUT2D eigenvalue weighted by Gasteiger charge is -2.18. The average Bonchev–Trinajstić information content (AvgIpc) is 2.88. The maximum absolute atomic E-state index is 11.1. The number of benzene rings is 1. The van der Waals surface area contributed by atoms with Crippen molar-refractivity contribution in [3.63, 3.8) is 0 Å². The van der Waals surface area contributed by atoms with Crippen LogP contribution in [0.3, 0.4) is 0 Å². The van der Waals surface area contributed by atoms with Crippen LogP contribution in [0.5, 0.6) is 0 Å². The molecule has 0 aliphatic heterocycles. The number of aliphatic carboxylic acids is 1. The van der Waals surface area contributed by atoms with Gasteiger partial charge in [-0.1, -0.05) is 43.7 Å². The topological polar surface area (TPSA) is 49.3 Å². The summed E-state index contributed by atoms with van der Waals surface area (Å²) in [6, 6.07) is 10.4. The van der Waals surface area contributed by atoms with Crippen LogP contribution in [-0.4, -0.2) is 24.2 Å². The molecule has 2 N–H and O–H groups in total. The van der Waals surface area contributed by atoms with E-state index >= 15 is 0 Å². The van der Waals surface area contributed by atoms with Gasteiger partial charge in [0.05, 0.1) is 5.92 Å². The molecule has 1 saturated carbocycles. The van der Waals surface area contributed by atoms with E-state index in [0.717, 1.165) is 32.4 Å². The van der Waals surface area contributed by atoms with Crippen molar-refractivity contribution in [2.45, 2.75) is 32.1 Å². The number of carboxylic acid groups (broad SMARTS) is 1. The Morgan fingerprint density at radius 1 is 1.37 bits per heavy atom. The number of rotatable bonds is 6. The number of nitrogens with one attached hydrogen (secondary N) is 1. The molecule has 3 atom stereocenters. The predicted octanol–water partition coefficient (Wildman–Crippen LogP) is 2.88. The Balaban J connectivity index is 1.76. The second kappa shape index (κ2) is 6.71. The summed E-state index contributed by atoms with van der Waals surface area (Å²) in [7, 11) is 0. The minimum absolute atomic E-state index is 0.139. The van der Waals surface area contributed by atoms with Gasteiger partial charge in [0.2, 0.25) is 0 Å². The Hall–Kier alpha value is -1.35. The zero-order valence-corrected chi connectivity index (χ0v) is 11.5. The first kappa shape index (κ1) is 14.1. The van der Waals surface area contributed by atoms with Crippen LogP contribution in [-0.2, 0) is 4.79 Å². The van der Waals surface area contributed by atoms with Crippen LogP contribution in [0.4, 0.5) is 0 Å². The molecule has 1 aromatic rings. The van der Waals surface area contributed by atoms with Crippen molar-refractivity contribution in [2.75, 3.05) is 13.1 Å². The van der Waals surface area contributed by atoms with Crippen molar-refractivity contribution in [3.05, 3.63) is 35.9 Å². The predicted molar refractivity (Wildman–Crippen MR) is 76.2 cm³/mol. The summed E-state index contributed by atoms with van der Waals surface area (Å²) >= 11 is 0. The van der Waals surface area contributed by atoms with E-state index in [2.05, 4.69) is 36.5 Å². The van der Waals surface area contributed by atoms with Gasteiger partial charge in [0.15, 0.2) is 0 Å². The second-order valence-electron chi connectivity index (χ2n) is 5.61. The quantitative estimate of drug-likeness (QED) is 0.828. The highest BCUT2D eigenvalue weighted by molar-refractivity contribution is 5.70. The third-order valence-corrected chi connectivity index (χ3v) is 4.20.